The van der Waals surface area contributed by atoms with E-state index in [4.69, 9.17) is 5.73 Å². The van der Waals surface area contributed by atoms with Gasteiger partial charge in [-0.05, 0) is 38.3 Å². The highest BCUT2D eigenvalue weighted by molar-refractivity contribution is 7.89. The first-order chi connectivity index (χ1) is 10.5. The molecule has 0 spiro atoms. The summed E-state index contributed by atoms with van der Waals surface area (Å²) in [5.74, 6) is 0.241. The molecule has 0 aliphatic heterocycles. The van der Waals surface area contributed by atoms with Gasteiger partial charge in [0, 0.05) is 29.7 Å². The Morgan fingerprint density at radius 1 is 1.32 bits per heavy atom. The van der Waals surface area contributed by atoms with Crippen molar-refractivity contribution in [1.29, 1.82) is 0 Å². The summed E-state index contributed by atoms with van der Waals surface area (Å²) in [5.41, 5.74) is 7.46. The summed E-state index contributed by atoms with van der Waals surface area (Å²) in [6.07, 6.45) is 2.90. The van der Waals surface area contributed by atoms with Crippen LogP contribution in [-0.2, 0) is 17.1 Å². The van der Waals surface area contributed by atoms with Gasteiger partial charge in [-0.3, -0.25) is 0 Å². The lowest BCUT2D eigenvalue weighted by Gasteiger charge is -2.19. The van der Waals surface area contributed by atoms with Crippen LogP contribution in [0.4, 0.5) is 0 Å². The van der Waals surface area contributed by atoms with Crippen molar-refractivity contribution in [2.75, 3.05) is 6.54 Å². The average molecular weight is 321 g/mol. The molecule has 6 heteroatoms. The van der Waals surface area contributed by atoms with Gasteiger partial charge in [-0.1, -0.05) is 24.6 Å². The van der Waals surface area contributed by atoms with Crippen molar-refractivity contribution in [3.05, 3.63) is 30.0 Å². The van der Waals surface area contributed by atoms with Gasteiger partial charge in [-0.25, -0.2) is 13.1 Å². The molecule has 3 N–H and O–H groups in total. The third-order valence-electron chi connectivity index (χ3n) is 4.88. The minimum absolute atomic E-state index is 0.0478. The molecule has 0 bridgehead atoms. The number of nitrogens with zero attached hydrogens (tertiary/aromatic N) is 1. The van der Waals surface area contributed by atoms with E-state index in [0.29, 0.717) is 11.4 Å². The van der Waals surface area contributed by atoms with Crippen LogP contribution in [0.5, 0.6) is 0 Å². The summed E-state index contributed by atoms with van der Waals surface area (Å²) >= 11 is 0. The van der Waals surface area contributed by atoms with Crippen molar-refractivity contribution in [1.82, 2.24) is 9.29 Å². The number of sulfonamides is 1. The van der Waals surface area contributed by atoms with Gasteiger partial charge in [0.1, 0.15) is 4.90 Å². The first kappa shape index (κ1) is 15.5. The number of nitrogens with two attached hydrogens (primary N) is 1. The second-order valence-electron chi connectivity index (χ2n) is 6.15. The van der Waals surface area contributed by atoms with Crippen LogP contribution in [0.15, 0.2) is 29.2 Å². The molecule has 2 atom stereocenters. The van der Waals surface area contributed by atoms with Crippen molar-refractivity contribution >= 4 is 20.9 Å². The highest BCUT2D eigenvalue weighted by Gasteiger charge is 2.32. The Morgan fingerprint density at radius 2 is 2.05 bits per heavy atom. The molecule has 3 rings (SSSR count). The topological polar surface area (TPSA) is 77.1 Å². The molecule has 1 aromatic heterocycles. The van der Waals surface area contributed by atoms with Crippen LogP contribution < -0.4 is 10.5 Å². The zero-order chi connectivity index (χ0) is 15.9. The van der Waals surface area contributed by atoms with E-state index in [1.807, 2.05) is 42.8 Å². The maximum Gasteiger partial charge on any atom is 0.243 e. The number of benzene rings is 1. The summed E-state index contributed by atoms with van der Waals surface area (Å²) in [7, 11) is -1.65. The summed E-state index contributed by atoms with van der Waals surface area (Å²) in [6.45, 7) is 2.38. The van der Waals surface area contributed by atoms with Gasteiger partial charge in [-0.15, -0.1) is 0 Å². The van der Waals surface area contributed by atoms with Crippen LogP contribution >= 0.6 is 0 Å². The van der Waals surface area contributed by atoms with Crippen molar-refractivity contribution < 1.29 is 8.42 Å². The van der Waals surface area contributed by atoms with Gasteiger partial charge >= 0.3 is 0 Å². The van der Waals surface area contributed by atoms with Gasteiger partial charge in [0.2, 0.25) is 10.0 Å². The van der Waals surface area contributed by atoms with E-state index in [1.165, 1.54) is 0 Å². The Kier molecular flexibility index (Phi) is 4.01. The fourth-order valence-corrected chi connectivity index (χ4v) is 5.37. The van der Waals surface area contributed by atoms with Crippen molar-refractivity contribution in [3.8, 4) is 0 Å². The lowest BCUT2D eigenvalue weighted by molar-refractivity contribution is 0.453. The Labute approximate surface area is 131 Å². The first-order valence-corrected chi connectivity index (χ1v) is 9.20. The molecule has 120 valence electrons. The molecular formula is C16H23N3O2S. The maximum atomic E-state index is 12.9. The number of hydrogen-bond donors (Lipinski definition) is 2. The van der Waals surface area contributed by atoms with Gasteiger partial charge < -0.3 is 10.3 Å². The summed E-state index contributed by atoms with van der Waals surface area (Å²) in [4.78, 5) is 0.397. The third kappa shape index (κ3) is 2.45. The van der Waals surface area contributed by atoms with Crippen LogP contribution in [0.1, 0.15) is 25.0 Å². The average Bonchev–Trinajstić information content (AvgIpc) is 3.02. The van der Waals surface area contributed by atoms with Gasteiger partial charge in [-0.2, -0.15) is 0 Å². The fraction of sp³-hybridized carbons (Fsp3) is 0.500. The van der Waals surface area contributed by atoms with Gasteiger partial charge in [0.05, 0.1) is 0 Å². The molecule has 0 saturated heterocycles. The predicted molar refractivity (Wildman–Crippen MR) is 88.2 cm³/mol. The summed E-state index contributed by atoms with van der Waals surface area (Å²) in [5, 5.41) is 0.775. The minimum atomic E-state index is -3.55. The van der Waals surface area contributed by atoms with E-state index in [0.717, 1.165) is 35.9 Å². The number of hydrogen-bond acceptors (Lipinski definition) is 3. The first-order valence-electron chi connectivity index (χ1n) is 7.72. The Bertz CT molecular complexity index is 795. The minimum Gasteiger partial charge on any atom is -0.347 e. The second kappa shape index (κ2) is 5.68. The Balaban J connectivity index is 2.04. The molecule has 1 aliphatic carbocycles. The molecule has 1 aliphatic rings. The van der Waals surface area contributed by atoms with Crippen molar-refractivity contribution in [2.45, 2.75) is 37.1 Å². The lowest BCUT2D eigenvalue weighted by atomic mass is 10.1. The molecule has 22 heavy (non-hydrogen) atoms. The van der Waals surface area contributed by atoms with Crippen LogP contribution in [0.2, 0.25) is 0 Å². The smallest absolute Gasteiger partial charge is 0.243 e. The maximum absolute atomic E-state index is 12.9. The Hall–Kier alpha value is -1.37. The number of fused-ring (bicyclic) bond motifs is 1. The summed E-state index contributed by atoms with van der Waals surface area (Å²) in [6, 6.07) is 7.56. The molecule has 2 aromatic rings. The van der Waals surface area contributed by atoms with Crippen molar-refractivity contribution in [2.24, 2.45) is 18.7 Å². The van der Waals surface area contributed by atoms with Gasteiger partial charge in [0.15, 0.2) is 0 Å². The zero-order valence-electron chi connectivity index (χ0n) is 13.0. The monoisotopic (exact) mass is 321 g/mol. The van der Waals surface area contributed by atoms with E-state index < -0.39 is 10.0 Å². The van der Waals surface area contributed by atoms with Crippen LogP contribution in [-0.4, -0.2) is 25.6 Å². The third-order valence-corrected chi connectivity index (χ3v) is 6.54. The zero-order valence-corrected chi connectivity index (χ0v) is 13.9. The number of rotatable bonds is 4. The highest BCUT2D eigenvalue weighted by Crippen LogP contribution is 2.31. The van der Waals surface area contributed by atoms with Crippen molar-refractivity contribution in [3.63, 3.8) is 0 Å². The van der Waals surface area contributed by atoms with Crippen LogP contribution in [0.3, 0.4) is 0 Å². The molecule has 1 fully saturated rings. The van der Waals surface area contributed by atoms with Crippen LogP contribution in [0.25, 0.3) is 10.9 Å². The quantitative estimate of drug-likeness (QED) is 0.903. The van der Waals surface area contributed by atoms with Gasteiger partial charge in [0.25, 0.3) is 0 Å². The number of nitrogens with one attached hydrogen (secondary N) is 1. The molecule has 0 amide bonds. The standard InChI is InChI=1S/C16H23N3O2S/c1-11-16(13-7-3-4-9-15(13)19(11)2)22(20,21)18-14-8-5-6-12(14)10-17/h3-4,7,9,12,14,18H,5-6,8,10,17H2,1-2H3. The number of aryl methyl sites for hydroxylation is 1. The predicted octanol–water partition coefficient (Wildman–Crippen LogP) is 1.89. The highest BCUT2D eigenvalue weighted by atomic mass is 32.2. The molecule has 5 nitrogen and oxygen atoms in total. The Morgan fingerprint density at radius 3 is 2.77 bits per heavy atom. The number of para-hydroxylation sites is 1. The van der Waals surface area contributed by atoms with Crippen LogP contribution in [0, 0.1) is 12.8 Å². The lowest BCUT2D eigenvalue weighted by Crippen LogP contribution is -2.40. The van der Waals surface area contributed by atoms with E-state index in [9.17, 15) is 8.42 Å². The molecule has 2 unspecified atom stereocenters. The summed E-state index contributed by atoms with van der Waals surface area (Å²) < 4.78 is 30.7. The molecule has 1 aromatic carbocycles. The molecule has 0 radical (unpaired) electrons. The molecule has 1 heterocycles. The molecular weight excluding hydrogens is 298 g/mol. The number of aromatic nitrogens is 1. The largest absolute Gasteiger partial charge is 0.347 e. The van der Waals surface area contributed by atoms with E-state index in [2.05, 4.69) is 4.72 Å². The molecule has 1 saturated carbocycles. The SMILES string of the molecule is Cc1c(S(=O)(=O)NC2CCCC2CN)c2ccccc2n1C. The van der Waals surface area contributed by atoms with E-state index in [-0.39, 0.29) is 12.0 Å². The fourth-order valence-electron chi connectivity index (χ4n) is 3.56. The second-order valence-corrected chi connectivity index (χ2v) is 7.80. The van der Waals surface area contributed by atoms with E-state index >= 15 is 0 Å². The van der Waals surface area contributed by atoms with E-state index in [1.54, 1.807) is 0 Å². The normalized spacial score (nSPS) is 22.5.